The topological polar surface area (TPSA) is 61.8 Å². The third-order valence-corrected chi connectivity index (χ3v) is 0.897. The molecule has 1 unspecified atom stereocenters. The van der Waals surface area contributed by atoms with Crippen LogP contribution in [0, 0.1) is 0 Å². The molecule has 1 atom stereocenters. The van der Waals surface area contributed by atoms with Crippen molar-refractivity contribution in [3.8, 4) is 0 Å². The van der Waals surface area contributed by atoms with Gasteiger partial charge in [0.25, 0.3) is 0 Å². The average molecular weight is 176 g/mol. The molecule has 0 aliphatic heterocycles. The highest BCUT2D eigenvalue weighted by Gasteiger charge is 2.04. The van der Waals surface area contributed by atoms with Crippen LogP contribution in [0.25, 0.3) is 0 Å². The minimum absolute atomic E-state index is 0.205. The van der Waals surface area contributed by atoms with E-state index in [0.717, 1.165) is 0 Å². The Hall–Kier alpha value is -1.10. The molecule has 0 aromatic rings. The van der Waals surface area contributed by atoms with Crippen LogP contribution < -0.4 is 0 Å². The Morgan fingerprint density at radius 2 is 1.83 bits per heavy atom. The summed E-state index contributed by atoms with van der Waals surface area (Å²) in [6.07, 6.45) is -0.693. The standard InChI is InChI=1S/C7H12O5/c1-5(8)10-4-11-7(3)12-6(2)9/h7H,4H2,1-3H3. The quantitative estimate of drug-likeness (QED) is 0.459. The summed E-state index contributed by atoms with van der Waals surface area (Å²) in [4.78, 5) is 20.6. The summed E-state index contributed by atoms with van der Waals surface area (Å²) in [5, 5.41) is 0. The van der Waals surface area contributed by atoms with Gasteiger partial charge in [-0.05, 0) is 6.92 Å². The molecule has 0 radical (unpaired) electrons. The Labute approximate surface area is 70.6 Å². The van der Waals surface area contributed by atoms with Gasteiger partial charge in [0.05, 0.1) is 0 Å². The highest BCUT2D eigenvalue weighted by Crippen LogP contribution is 1.93. The van der Waals surface area contributed by atoms with E-state index in [1.54, 1.807) is 0 Å². The van der Waals surface area contributed by atoms with Crippen molar-refractivity contribution in [2.24, 2.45) is 0 Å². The molecule has 0 spiro atoms. The molecule has 0 aliphatic carbocycles. The number of rotatable bonds is 4. The van der Waals surface area contributed by atoms with Crippen LogP contribution in [0.5, 0.6) is 0 Å². The molecule has 0 aliphatic rings. The van der Waals surface area contributed by atoms with E-state index < -0.39 is 18.2 Å². The summed E-state index contributed by atoms with van der Waals surface area (Å²) < 4.78 is 13.8. The van der Waals surface area contributed by atoms with E-state index in [4.69, 9.17) is 4.74 Å². The lowest BCUT2D eigenvalue weighted by Crippen LogP contribution is -2.18. The molecule has 12 heavy (non-hydrogen) atoms. The molecular weight excluding hydrogens is 164 g/mol. The minimum Gasteiger partial charge on any atom is -0.438 e. The highest BCUT2D eigenvalue weighted by atomic mass is 16.8. The van der Waals surface area contributed by atoms with Gasteiger partial charge in [0.2, 0.25) is 6.29 Å². The zero-order valence-electron chi connectivity index (χ0n) is 7.33. The van der Waals surface area contributed by atoms with Crippen LogP contribution in [0.2, 0.25) is 0 Å². The smallest absolute Gasteiger partial charge is 0.304 e. The van der Waals surface area contributed by atoms with Crippen LogP contribution in [-0.4, -0.2) is 25.0 Å². The van der Waals surface area contributed by atoms with Crippen molar-refractivity contribution in [3.05, 3.63) is 0 Å². The lowest BCUT2D eigenvalue weighted by molar-refractivity contribution is -0.196. The van der Waals surface area contributed by atoms with Gasteiger partial charge in [-0.1, -0.05) is 0 Å². The van der Waals surface area contributed by atoms with Crippen molar-refractivity contribution in [3.63, 3.8) is 0 Å². The van der Waals surface area contributed by atoms with Crippen LogP contribution in [0.1, 0.15) is 20.8 Å². The average Bonchev–Trinajstić information content (AvgIpc) is 1.84. The Morgan fingerprint density at radius 3 is 2.25 bits per heavy atom. The summed E-state index contributed by atoms with van der Waals surface area (Å²) in [5.74, 6) is -0.879. The van der Waals surface area contributed by atoms with Crippen LogP contribution in [0.4, 0.5) is 0 Å². The molecule has 0 saturated heterocycles. The van der Waals surface area contributed by atoms with Gasteiger partial charge in [-0.2, -0.15) is 0 Å². The van der Waals surface area contributed by atoms with Crippen molar-refractivity contribution >= 4 is 11.9 Å². The maximum absolute atomic E-state index is 10.3. The lowest BCUT2D eigenvalue weighted by atomic mass is 10.7. The van der Waals surface area contributed by atoms with Crippen molar-refractivity contribution < 1.29 is 23.8 Å². The second-order valence-electron chi connectivity index (χ2n) is 2.10. The van der Waals surface area contributed by atoms with Crippen LogP contribution in [-0.2, 0) is 23.8 Å². The molecule has 5 nitrogen and oxygen atoms in total. The molecular formula is C7H12O5. The van der Waals surface area contributed by atoms with Crippen molar-refractivity contribution in [1.82, 2.24) is 0 Å². The molecule has 70 valence electrons. The Kier molecular flexibility index (Phi) is 5.03. The highest BCUT2D eigenvalue weighted by molar-refractivity contribution is 5.66. The first kappa shape index (κ1) is 10.9. The van der Waals surface area contributed by atoms with Gasteiger partial charge in [0.15, 0.2) is 6.79 Å². The van der Waals surface area contributed by atoms with Crippen molar-refractivity contribution in [1.29, 1.82) is 0 Å². The summed E-state index contributed by atoms with van der Waals surface area (Å²) in [7, 11) is 0. The zero-order chi connectivity index (χ0) is 9.56. The van der Waals surface area contributed by atoms with Gasteiger partial charge >= 0.3 is 11.9 Å². The number of carbonyl (C=O) groups excluding carboxylic acids is 2. The van der Waals surface area contributed by atoms with Crippen LogP contribution in [0.15, 0.2) is 0 Å². The van der Waals surface area contributed by atoms with E-state index in [0.29, 0.717) is 0 Å². The first-order chi connectivity index (χ1) is 5.52. The van der Waals surface area contributed by atoms with Gasteiger partial charge in [0, 0.05) is 13.8 Å². The number of carbonyl (C=O) groups is 2. The summed E-state index contributed by atoms with van der Waals surface area (Å²) >= 11 is 0. The van der Waals surface area contributed by atoms with Gasteiger partial charge in [-0.15, -0.1) is 0 Å². The summed E-state index contributed by atoms with van der Waals surface area (Å²) in [6.45, 7) is 3.86. The maximum Gasteiger partial charge on any atom is 0.304 e. The molecule has 0 heterocycles. The predicted octanol–water partition coefficient (Wildman–Crippen LogP) is 0.433. The van der Waals surface area contributed by atoms with Crippen LogP contribution >= 0.6 is 0 Å². The van der Waals surface area contributed by atoms with Crippen molar-refractivity contribution in [2.75, 3.05) is 6.79 Å². The monoisotopic (exact) mass is 176 g/mol. The van der Waals surface area contributed by atoms with Gasteiger partial charge in [0.1, 0.15) is 0 Å². The predicted molar refractivity (Wildman–Crippen MR) is 38.9 cm³/mol. The molecule has 0 aromatic carbocycles. The lowest BCUT2D eigenvalue weighted by Gasteiger charge is -2.11. The van der Waals surface area contributed by atoms with Gasteiger partial charge in [-0.25, -0.2) is 0 Å². The van der Waals surface area contributed by atoms with E-state index in [1.807, 2.05) is 0 Å². The first-order valence-electron chi connectivity index (χ1n) is 3.44. The molecule has 0 fully saturated rings. The second-order valence-corrected chi connectivity index (χ2v) is 2.10. The zero-order valence-corrected chi connectivity index (χ0v) is 7.33. The molecule has 0 aromatic heterocycles. The third-order valence-electron chi connectivity index (χ3n) is 0.897. The first-order valence-corrected chi connectivity index (χ1v) is 3.44. The molecule has 0 amide bonds. The molecule has 5 heteroatoms. The fourth-order valence-electron chi connectivity index (χ4n) is 0.481. The molecule has 0 bridgehead atoms. The van der Waals surface area contributed by atoms with E-state index >= 15 is 0 Å². The fraction of sp³-hybridized carbons (Fsp3) is 0.714. The van der Waals surface area contributed by atoms with E-state index in [-0.39, 0.29) is 6.79 Å². The number of hydrogen-bond donors (Lipinski definition) is 0. The van der Waals surface area contributed by atoms with Crippen molar-refractivity contribution in [2.45, 2.75) is 27.1 Å². The maximum atomic E-state index is 10.3. The Bertz CT molecular complexity index is 165. The normalized spacial score (nSPS) is 11.9. The Balaban J connectivity index is 3.37. The molecule has 0 rings (SSSR count). The van der Waals surface area contributed by atoms with Gasteiger partial charge in [-0.3, -0.25) is 9.59 Å². The SMILES string of the molecule is CC(=O)OCOC(C)OC(C)=O. The summed E-state index contributed by atoms with van der Waals surface area (Å²) in [6, 6.07) is 0. The number of ether oxygens (including phenoxy) is 3. The summed E-state index contributed by atoms with van der Waals surface area (Å²) in [5.41, 5.74) is 0. The largest absolute Gasteiger partial charge is 0.438 e. The molecule has 0 N–H and O–H groups in total. The third kappa shape index (κ3) is 7.01. The minimum atomic E-state index is -0.693. The van der Waals surface area contributed by atoms with E-state index in [2.05, 4.69) is 9.47 Å². The fourth-order valence-corrected chi connectivity index (χ4v) is 0.481. The van der Waals surface area contributed by atoms with E-state index in [9.17, 15) is 9.59 Å². The number of hydrogen-bond acceptors (Lipinski definition) is 5. The van der Waals surface area contributed by atoms with Crippen LogP contribution in [0.3, 0.4) is 0 Å². The van der Waals surface area contributed by atoms with Gasteiger partial charge < -0.3 is 14.2 Å². The van der Waals surface area contributed by atoms with E-state index in [1.165, 1.54) is 20.8 Å². The Morgan fingerprint density at radius 1 is 1.25 bits per heavy atom. The molecule has 0 saturated carbocycles. The second kappa shape index (κ2) is 5.54. The number of esters is 2.